The molecule has 0 aromatic heterocycles. The summed E-state index contributed by atoms with van der Waals surface area (Å²) in [6.07, 6.45) is 0. The first-order valence-electron chi connectivity index (χ1n) is 6.74. The van der Waals surface area contributed by atoms with Gasteiger partial charge in [0, 0.05) is 5.56 Å². The number of hydrogen-bond acceptors (Lipinski definition) is 6. The summed E-state index contributed by atoms with van der Waals surface area (Å²) in [7, 11) is 1.28. The number of halogens is 6. The number of thioether (sulfide) groups is 2. The smallest absolute Gasteiger partial charge is 0.444 e. The molecule has 0 aliphatic rings. The Hall–Kier alpha value is -1.56. The normalized spacial score (nSPS) is 12.6. The molecule has 0 N–H and O–H groups in total. The molecule has 0 radical (unpaired) electrons. The van der Waals surface area contributed by atoms with Crippen LogP contribution in [0.2, 0.25) is 0 Å². The zero-order valence-corrected chi connectivity index (χ0v) is 14.9. The molecule has 26 heavy (non-hydrogen) atoms. The van der Waals surface area contributed by atoms with Crippen LogP contribution >= 0.6 is 23.5 Å². The number of benzene rings is 1. The number of esters is 1. The lowest BCUT2D eigenvalue weighted by atomic mass is 10.1. The summed E-state index contributed by atoms with van der Waals surface area (Å²) in [5, 5.41) is 0. The van der Waals surface area contributed by atoms with Crippen molar-refractivity contribution in [3.63, 3.8) is 0 Å². The maximum absolute atomic E-state index is 12.9. The summed E-state index contributed by atoms with van der Waals surface area (Å²) in [6, 6.07) is 4.26. The molecule has 0 aliphatic heterocycles. The predicted molar refractivity (Wildman–Crippen MR) is 84.0 cm³/mol. The fourth-order valence-corrected chi connectivity index (χ4v) is 3.87. The van der Waals surface area contributed by atoms with E-state index in [1.165, 1.54) is 26.2 Å². The van der Waals surface area contributed by atoms with Crippen molar-refractivity contribution < 1.29 is 45.4 Å². The highest BCUT2D eigenvalue weighted by molar-refractivity contribution is 8.21. The van der Waals surface area contributed by atoms with Gasteiger partial charge in [-0.2, -0.15) is 26.3 Å². The van der Waals surface area contributed by atoms with Gasteiger partial charge in [0.1, 0.15) is 5.75 Å². The van der Waals surface area contributed by atoms with E-state index in [4.69, 9.17) is 4.74 Å². The SMILES string of the molecule is CCOC(=O)C(SC(F)(F)F)(SC(F)(F)F)C(=O)c1ccc(OC)cc1. The molecule has 1 aromatic rings. The zero-order chi connectivity index (χ0) is 20.2. The molecule has 1 aromatic carbocycles. The van der Waals surface area contributed by atoms with Gasteiger partial charge in [-0.3, -0.25) is 4.79 Å². The Bertz CT molecular complexity index is 626. The van der Waals surface area contributed by atoms with Gasteiger partial charge in [-0.15, -0.1) is 0 Å². The Balaban J connectivity index is 3.50. The number of ether oxygens (including phenoxy) is 2. The van der Waals surface area contributed by atoms with E-state index in [0.29, 0.717) is 0 Å². The van der Waals surface area contributed by atoms with E-state index < -0.39 is 62.5 Å². The van der Waals surface area contributed by atoms with Crippen molar-refractivity contribution in [3.8, 4) is 5.75 Å². The van der Waals surface area contributed by atoms with Crippen molar-refractivity contribution in [2.75, 3.05) is 13.7 Å². The minimum atomic E-state index is -5.31. The van der Waals surface area contributed by atoms with Crippen LogP contribution in [0.4, 0.5) is 26.3 Å². The van der Waals surface area contributed by atoms with Crippen LogP contribution in [0.25, 0.3) is 0 Å². The fraction of sp³-hybridized carbons (Fsp3) is 0.429. The molecule has 0 saturated carbocycles. The van der Waals surface area contributed by atoms with Gasteiger partial charge in [0.05, 0.1) is 13.7 Å². The van der Waals surface area contributed by atoms with E-state index in [2.05, 4.69) is 4.74 Å². The average Bonchev–Trinajstić information content (AvgIpc) is 2.51. The molecule has 0 fully saturated rings. The van der Waals surface area contributed by atoms with Gasteiger partial charge in [0.2, 0.25) is 9.86 Å². The number of Topliss-reactive ketones (excluding diaryl/α,β-unsaturated/α-hetero) is 1. The molecule has 0 heterocycles. The van der Waals surface area contributed by atoms with E-state index in [1.54, 1.807) is 0 Å². The van der Waals surface area contributed by atoms with Crippen molar-refractivity contribution in [1.82, 2.24) is 0 Å². The highest BCUT2D eigenvalue weighted by Crippen LogP contribution is 2.54. The summed E-state index contributed by atoms with van der Waals surface area (Å²) in [4.78, 5) is 24.6. The van der Waals surface area contributed by atoms with Crippen LogP contribution in [0.3, 0.4) is 0 Å². The number of methoxy groups -OCH3 is 1. The molecule has 146 valence electrons. The number of carbonyl (C=O) groups is 2. The topological polar surface area (TPSA) is 52.6 Å². The zero-order valence-electron chi connectivity index (χ0n) is 13.2. The lowest BCUT2D eigenvalue weighted by Gasteiger charge is -2.29. The minimum absolute atomic E-state index is 0.218. The summed E-state index contributed by atoms with van der Waals surface area (Å²) in [5.74, 6) is -3.41. The van der Waals surface area contributed by atoms with E-state index in [1.807, 2.05) is 0 Å². The van der Waals surface area contributed by atoms with E-state index in [0.717, 1.165) is 12.1 Å². The quantitative estimate of drug-likeness (QED) is 0.210. The Morgan fingerprint density at radius 1 is 0.962 bits per heavy atom. The second-order valence-electron chi connectivity index (χ2n) is 4.49. The van der Waals surface area contributed by atoms with Crippen molar-refractivity contribution in [2.45, 2.75) is 22.0 Å². The summed E-state index contributed by atoms with van der Waals surface area (Å²) in [5.41, 5.74) is -11.2. The second kappa shape index (κ2) is 8.42. The molecule has 0 aliphatic carbocycles. The molecular weight excluding hydrogens is 410 g/mol. The third kappa shape index (κ3) is 6.01. The Labute approximate surface area is 152 Å². The molecule has 0 bridgehead atoms. The van der Waals surface area contributed by atoms with Crippen LogP contribution in [0, 0.1) is 0 Å². The molecule has 0 unspecified atom stereocenters. The third-order valence-corrected chi connectivity index (χ3v) is 4.96. The van der Waals surface area contributed by atoms with Crippen LogP contribution in [0.1, 0.15) is 17.3 Å². The van der Waals surface area contributed by atoms with Gasteiger partial charge in [-0.05, 0) is 54.7 Å². The number of rotatable bonds is 7. The Kier molecular flexibility index (Phi) is 7.28. The molecule has 0 saturated heterocycles. The fourth-order valence-electron chi connectivity index (χ4n) is 1.77. The van der Waals surface area contributed by atoms with Crippen molar-refractivity contribution in [3.05, 3.63) is 29.8 Å². The predicted octanol–water partition coefficient (Wildman–Crippen LogP) is 4.64. The lowest BCUT2D eigenvalue weighted by molar-refractivity contribution is -0.143. The van der Waals surface area contributed by atoms with E-state index >= 15 is 0 Å². The summed E-state index contributed by atoms with van der Waals surface area (Å²) >= 11 is -2.75. The third-order valence-electron chi connectivity index (χ3n) is 2.71. The maximum atomic E-state index is 12.9. The molecule has 0 amide bonds. The number of hydrogen-bond donors (Lipinski definition) is 0. The molecule has 12 heteroatoms. The first-order valence-corrected chi connectivity index (χ1v) is 8.38. The standard InChI is InChI=1S/C14H12F6O4S2/c1-3-24-11(22)12(25-13(15,16)17,26-14(18,19)20)10(21)8-4-6-9(23-2)7-5-8/h4-7H,3H2,1-2H3. The number of carbonyl (C=O) groups excluding carboxylic acids is 2. The van der Waals surface area contributed by atoms with Gasteiger partial charge in [-0.25, -0.2) is 4.79 Å². The Morgan fingerprint density at radius 3 is 1.77 bits per heavy atom. The van der Waals surface area contributed by atoms with Crippen LogP contribution in [0.15, 0.2) is 24.3 Å². The highest BCUT2D eigenvalue weighted by atomic mass is 32.2. The number of alkyl halides is 6. The molecule has 4 nitrogen and oxygen atoms in total. The van der Waals surface area contributed by atoms with Gasteiger partial charge in [-0.1, -0.05) is 0 Å². The van der Waals surface area contributed by atoms with Gasteiger partial charge in [0.25, 0.3) is 0 Å². The van der Waals surface area contributed by atoms with Crippen molar-refractivity contribution in [2.24, 2.45) is 0 Å². The first-order chi connectivity index (χ1) is 11.8. The lowest BCUT2D eigenvalue weighted by Crippen LogP contribution is -2.46. The first kappa shape index (κ1) is 22.5. The average molecular weight is 422 g/mol. The highest BCUT2D eigenvalue weighted by Gasteiger charge is 2.61. The Morgan fingerprint density at radius 2 is 1.42 bits per heavy atom. The van der Waals surface area contributed by atoms with Crippen molar-refractivity contribution in [1.29, 1.82) is 0 Å². The minimum Gasteiger partial charge on any atom is -0.497 e. The molecule has 0 atom stereocenters. The van der Waals surface area contributed by atoms with Gasteiger partial charge in [0.15, 0.2) is 0 Å². The van der Waals surface area contributed by atoms with Gasteiger partial charge < -0.3 is 9.47 Å². The van der Waals surface area contributed by atoms with Crippen LogP contribution in [0.5, 0.6) is 5.75 Å². The largest absolute Gasteiger partial charge is 0.497 e. The summed E-state index contributed by atoms with van der Waals surface area (Å²) in [6.45, 7) is 0.685. The van der Waals surface area contributed by atoms with Crippen LogP contribution in [-0.4, -0.2) is 40.6 Å². The van der Waals surface area contributed by atoms with E-state index in [9.17, 15) is 35.9 Å². The van der Waals surface area contributed by atoms with Crippen LogP contribution < -0.4 is 4.74 Å². The molecule has 1 rings (SSSR count). The molecule has 0 spiro atoms. The van der Waals surface area contributed by atoms with Crippen molar-refractivity contribution >= 4 is 35.3 Å². The maximum Gasteiger partial charge on any atom is 0.444 e. The summed E-state index contributed by atoms with van der Waals surface area (Å²) < 4.78 is 83.1. The monoisotopic (exact) mass is 422 g/mol. The number of ketones is 1. The van der Waals surface area contributed by atoms with E-state index in [-0.39, 0.29) is 5.75 Å². The second-order valence-corrected chi connectivity index (χ2v) is 7.31. The molecular formula is C14H12F6O4S2. The van der Waals surface area contributed by atoms with Gasteiger partial charge >= 0.3 is 17.0 Å². The van der Waals surface area contributed by atoms with Crippen LogP contribution in [-0.2, 0) is 9.53 Å².